The topological polar surface area (TPSA) is 69.6 Å². The zero-order valence-corrected chi connectivity index (χ0v) is 12.3. The molecule has 1 aliphatic rings. The zero-order valence-electron chi connectivity index (χ0n) is 12.3. The molecule has 6 heteroatoms. The number of anilines is 1. The van der Waals surface area contributed by atoms with Gasteiger partial charge in [0.15, 0.2) is 5.82 Å². The Bertz CT molecular complexity index is 629. The summed E-state index contributed by atoms with van der Waals surface area (Å²) in [7, 11) is 0. The van der Waals surface area contributed by atoms with Crippen molar-refractivity contribution in [2.75, 3.05) is 5.73 Å². The van der Waals surface area contributed by atoms with Crippen molar-refractivity contribution in [1.29, 1.82) is 0 Å². The first-order chi connectivity index (χ1) is 10.0. The minimum atomic E-state index is -0.334. The summed E-state index contributed by atoms with van der Waals surface area (Å²) in [6.07, 6.45) is 3.31. The molecule has 1 fully saturated rings. The van der Waals surface area contributed by atoms with Gasteiger partial charge >= 0.3 is 0 Å². The molecule has 0 aliphatic heterocycles. The number of tetrazole rings is 1. The van der Waals surface area contributed by atoms with Crippen LogP contribution in [-0.4, -0.2) is 20.2 Å². The van der Waals surface area contributed by atoms with Gasteiger partial charge in [-0.05, 0) is 59.7 Å². The van der Waals surface area contributed by atoms with Crippen LogP contribution in [0.4, 0.5) is 10.1 Å². The lowest BCUT2D eigenvalue weighted by Gasteiger charge is -2.31. The Balaban J connectivity index is 1.99. The van der Waals surface area contributed by atoms with E-state index in [0.717, 1.165) is 12.8 Å². The van der Waals surface area contributed by atoms with Gasteiger partial charge in [-0.2, -0.15) is 0 Å². The molecule has 0 saturated heterocycles. The van der Waals surface area contributed by atoms with Crippen molar-refractivity contribution in [2.45, 2.75) is 39.2 Å². The molecule has 112 valence electrons. The summed E-state index contributed by atoms with van der Waals surface area (Å²) in [4.78, 5) is 0. The van der Waals surface area contributed by atoms with Gasteiger partial charge in [-0.15, -0.1) is 5.10 Å². The summed E-state index contributed by atoms with van der Waals surface area (Å²) in [5.41, 5.74) is 7.01. The molecule has 1 heterocycles. The Morgan fingerprint density at radius 1 is 1.19 bits per heavy atom. The molecule has 2 atom stereocenters. The normalized spacial score (nSPS) is 26.0. The quantitative estimate of drug-likeness (QED) is 0.863. The molecule has 1 aromatic carbocycles. The molecule has 2 aromatic rings. The number of hydrogen-bond acceptors (Lipinski definition) is 4. The van der Waals surface area contributed by atoms with E-state index in [1.807, 2.05) is 4.68 Å². The van der Waals surface area contributed by atoms with Gasteiger partial charge in [-0.3, -0.25) is 0 Å². The molecule has 21 heavy (non-hydrogen) atoms. The van der Waals surface area contributed by atoms with Crippen LogP contribution < -0.4 is 5.73 Å². The van der Waals surface area contributed by atoms with Crippen molar-refractivity contribution in [1.82, 2.24) is 20.2 Å². The van der Waals surface area contributed by atoms with E-state index in [4.69, 9.17) is 5.73 Å². The Hall–Kier alpha value is -1.98. The molecule has 0 bridgehead atoms. The molecular weight excluding hydrogens is 269 g/mol. The SMILES string of the molecule is CC1CC(C)CC(n2nnnc2-c2cc(F)ccc2N)C1. The molecule has 0 spiro atoms. The summed E-state index contributed by atoms with van der Waals surface area (Å²) in [5, 5.41) is 12.0. The molecule has 5 nitrogen and oxygen atoms in total. The fraction of sp³-hybridized carbons (Fsp3) is 0.533. The van der Waals surface area contributed by atoms with E-state index in [1.165, 1.54) is 18.6 Å². The number of halogens is 1. The second-order valence-corrected chi connectivity index (χ2v) is 6.25. The van der Waals surface area contributed by atoms with Gasteiger partial charge in [0, 0.05) is 11.3 Å². The number of rotatable bonds is 2. The zero-order chi connectivity index (χ0) is 15.0. The van der Waals surface area contributed by atoms with Crippen LogP contribution in [0, 0.1) is 17.7 Å². The van der Waals surface area contributed by atoms with Crippen LogP contribution in [-0.2, 0) is 0 Å². The third kappa shape index (κ3) is 2.75. The van der Waals surface area contributed by atoms with E-state index in [1.54, 1.807) is 6.07 Å². The Morgan fingerprint density at radius 3 is 2.62 bits per heavy atom. The molecule has 2 N–H and O–H groups in total. The molecular formula is C15H20FN5. The van der Waals surface area contributed by atoms with Crippen molar-refractivity contribution in [2.24, 2.45) is 11.8 Å². The predicted octanol–water partition coefficient (Wildman–Crippen LogP) is 3.06. The van der Waals surface area contributed by atoms with Gasteiger partial charge in [-0.1, -0.05) is 13.8 Å². The maximum absolute atomic E-state index is 13.5. The van der Waals surface area contributed by atoms with E-state index in [-0.39, 0.29) is 11.9 Å². The average molecular weight is 289 g/mol. The van der Waals surface area contributed by atoms with Crippen molar-refractivity contribution in [3.63, 3.8) is 0 Å². The maximum atomic E-state index is 13.5. The van der Waals surface area contributed by atoms with Crippen molar-refractivity contribution < 1.29 is 4.39 Å². The first-order valence-electron chi connectivity index (χ1n) is 7.38. The first kappa shape index (κ1) is 14.0. The van der Waals surface area contributed by atoms with E-state index < -0.39 is 0 Å². The molecule has 1 aromatic heterocycles. The Morgan fingerprint density at radius 2 is 1.90 bits per heavy atom. The van der Waals surface area contributed by atoms with Crippen molar-refractivity contribution in [3.8, 4) is 11.4 Å². The van der Waals surface area contributed by atoms with Crippen molar-refractivity contribution >= 4 is 5.69 Å². The van der Waals surface area contributed by atoms with Gasteiger partial charge in [-0.25, -0.2) is 9.07 Å². The fourth-order valence-corrected chi connectivity index (χ4v) is 3.44. The van der Waals surface area contributed by atoms with Gasteiger partial charge in [0.05, 0.1) is 6.04 Å². The second kappa shape index (κ2) is 5.42. The number of nitrogens with two attached hydrogens (primary N) is 1. The van der Waals surface area contributed by atoms with Gasteiger partial charge in [0.1, 0.15) is 5.82 Å². The minimum absolute atomic E-state index is 0.247. The summed E-state index contributed by atoms with van der Waals surface area (Å²) in [6.45, 7) is 4.51. The molecule has 1 saturated carbocycles. The number of aromatic nitrogens is 4. The van der Waals surface area contributed by atoms with Crippen LogP contribution in [0.25, 0.3) is 11.4 Å². The van der Waals surface area contributed by atoms with Crippen LogP contribution in [0.5, 0.6) is 0 Å². The molecule has 0 radical (unpaired) electrons. The molecule has 1 aliphatic carbocycles. The van der Waals surface area contributed by atoms with Crippen LogP contribution in [0.1, 0.15) is 39.2 Å². The molecule has 2 unspecified atom stereocenters. The summed E-state index contributed by atoms with van der Waals surface area (Å²) in [6, 6.07) is 4.54. The van der Waals surface area contributed by atoms with E-state index in [0.29, 0.717) is 28.9 Å². The van der Waals surface area contributed by atoms with Crippen molar-refractivity contribution in [3.05, 3.63) is 24.0 Å². The van der Waals surface area contributed by atoms with Gasteiger partial charge in [0.25, 0.3) is 0 Å². The summed E-state index contributed by atoms with van der Waals surface area (Å²) < 4.78 is 15.3. The van der Waals surface area contributed by atoms with Crippen LogP contribution in [0.2, 0.25) is 0 Å². The lowest BCUT2D eigenvalue weighted by molar-refractivity contribution is 0.209. The highest BCUT2D eigenvalue weighted by atomic mass is 19.1. The predicted molar refractivity (Wildman–Crippen MR) is 78.8 cm³/mol. The summed E-state index contributed by atoms with van der Waals surface area (Å²) in [5.74, 6) is 1.50. The molecule has 3 rings (SSSR count). The van der Waals surface area contributed by atoms with Crippen LogP contribution >= 0.6 is 0 Å². The fourth-order valence-electron chi connectivity index (χ4n) is 3.44. The van der Waals surface area contributed by atoms with E-state index in [9.17, 15) is 4.39 Å². The van der Waals surface area contributed by atoms with Crippen LogP contribution in [0.3, 0.4) is 0 Å². The number of hydrogen-bond donors (Lipinski definition) is 1. The monoisotopic (exact) mass is 289 g/mol. The number of nitrogen functional groups attached to an aromatic ring is 1. The highest BCUT2D eigenvalue weighted by molar-refractivity contribution is 5.71. The highest BCUT2D eigenvalue weighted by Gasteiger charge is 2.28. The third-order valence-corrected chi connectivity index (χ3v) is 4.25. The standard InChI is InChI=1S/C15H20FN5/c1-9-5-10(2)7-12(6-9)21-15(18-19-20-21)13-8-11(16)3-4-14(13)17/h3-4,8-10,12H,5-7,17H2,1-2H3. The first-order valence-corrected chi connectivity index (χ1v) is 7.38. The Labute approximate surface area is 123 Å². The lowest BCUT2D eigenvalue weighted by atomic mass is 9.80. The van der Waals surface area contributed by atoms with Crippen LogP contribution in [0.15, 0.2) is 18.2 Å². The largest absolute Gasteiger partial charge is 0.398 e. The van der Waals surface area contributed by atoms with E-state index in [2.05, 4.69) is 29.4 Å². The second-order valence-electron chi connectivity index (χ2n) is 6.25. The Kier molecular flexibility index (Phi) is 3.61. The summed E-state index contributed by atoms with van der Waals surface area (Å²) >= 11 is 0. The highest BCUT2D eigenvalue weighted by Crippen LogP contribution is 2.37. The molecule has 0 amide bonds. The van der Waals surface area contributed by atoms with E-state index >= 15 is 0 Å². The maximum Gasteiger partial charge on any atom is 0.184 e. The smallest absolute Gasteiger partial charge is 0.184 e. The van der Waals surface area contributed by atoms with Gasteiger partial charge < -0.3 is 5.73 Å². The number of nitrogens with zero attached hydrogens (tertiary/aromatic N) is 4. The average Bonchev–Trinajstić information content (AvgIpc) is 2.89. The lowest BCUT2D eigenvalue weighted by Crippen LogP contribution is -2.24. The third-order valence-electron chi connectivity index (χ3n) is 4.25. The number of benzene rings is 1. The van der Waals surface area contributed by atoms with Gasteiger partial charge in [0.2, 0.25) is 0 Å². The minimum Gasteiger partial charge on any atom is -0.398 e.